The molecule has 8 heavy (non-hydrogen) atoms. The highest BCUT2D eigenvalue weighted by atomic mass is 79.9. The van der Waals surface area contributed by atoms with Crippen LogP contribution in [0.1, 0.15) is 1.43 Å². The monoisotopic (exact) mass is 326 g/mol. The van der Waals surface area contributed by atoms with E-state index in [-0.39, 0.29) is 52.4 Å². The molecule has 0 saturated heterocycles. The average molecular weight is 329 g/mol. The third kappa shape index (κ3) is 7.07. The largest absolute Gasteiger partial charge is 0.253 e. The summed E-state index contributed by atoms with van der Waals surface area (Å²) >= 11 is 1.60. The fourth-order valence-corrected chi connectivity index (χ4v) is 0.527. The summed E-state index contributed by atoms with van der Waals surface area (Å²) in [7, 11) is 0. The summed E-state index contributed by atoms with van der Waals surface area (Å²) in [5.41, 5.74) is 1.79. The lowest BCUT2D eigenvalue weighted by Crippen LogP contribution is -1.38. The molecule has 1 rings (SSSR count). The highest BCUT2D eigenvalue weighted by Gasteiger charge is 1.59. The van der Waals surface area contributed by atoms with Crippen LogP contribution in [0.3, 0.4) is 0 Å². The molecule has 0 aromatic carbocycles. The summed E-state index contributed by atoms with van der Waals surface area (Å²) in [6.45, 7) is 0. The number of nitrogens with zero attached hydrogens (tertiary/aromatic N) is 1. The van der Waals surface area contributed by atoms with Gasteiger partial charge in [0.05, 0.1) is 5.51 Å². The van der Waals surface area contributed by atoms with E-state index in [1.165, 1.54) is 0 Å². The van der Waals surface area contributed by atoms with Crippen LogP contribution in [-0.2, 0) is 0 Å². The third-order valence-corrected chi connectivity index (χ3v) is 0.869. The summed E-state index contributed by atoms with van der Waals surface area (Å²) < 4.78 is 0. The lowest BCUT2D eigenvalue weighted by atomic mass is 11.0. The van der Waals surface area contributed by atoms with Gasteiger partial charge in [0.2, 0.25) is 0 Å². The number of hydrogen-bond donors (Lipinski definition) is 0. The van der Waals surface area contributed by atoms with Gasteiger partial charge < -0.3 is 0 Å². The molecule has 0 unspecified atom stereocenters. The van der Waals surface area contributed by atoms with Gasteiger partial charge in [-0.15, -0.1) is 62.3 Å². The third-order valence-electron chi connectivity index (χ3n) is 0.347. The molecule has 0 atom stereocenters. The van der Waals surface area contributed by atoms with Crippen LogP contribution in [0.15, 0.2) is 17.1 Å². The van der Waals surface area contributed by atoms with Gasteiger partial charge in [0.15, 0.2) is 0 Å². The minimum absolute atomic E-state index is 0. The van der Waals surface area contributed by atoms with E-state index < -0.39 is 0 Å². The molecule has 0 fully saturated rings. The second-order valence-corrected chi connectivity index (χ2v) is 1.43. The lowest BCUT2D eigenvalue weighted by Gasteiger charge is -1.41. The van der Waals surface area contributed by atoms with Gasteiger partial charge in [-0.05, 0) is 0 Å². The zero-order chi connectivity index (χ0) is 3.54. The summed E-state index contributed by atoms with van der Waals surface area (Å²) in [6, 6.07) is 0. The van der Waals surface area contributed by atoms with Crippen molar-refractivity contribution in [1.29, 1.82) is 0 Å². The fourth-order valence-electron chi connectivity index (χ4n) is 0.176. The van der Waals surface area contributed by atoms with Gasteiger partial charge in [-0.1, -0.05) is 0 Å². The molecule has 0 aliphatic heterocycles. The average Bonchev–Trinajstić information content (AvgIpc) is 1.76. The molecule has 0 aliphatic rings. The molecule has 0 spiro atoms. The van der Waals surface area contributed by atoms with Crippen LogP contribution in [0.5, 0.6) is 0 Å². The molecular weight excluding hydrogens is 322 g/mol. The lowest BCUT2D eigenvalue weighted by molar-refractivity contribution is 1.43. The number of hydrogen-bond acceptors (Lipinski definition) is 2. The smallest absolute Gasteiger partial charge is 0.0791 e. The van der Waals surface area contributed by atoms with Crippen molar-refractivity contribution in [3.05, 3.63) is 17.1 Å². The molecule has 1 aromatic rings. The highest BCUT2D eigenvalue weighted by molar-refractivity contribution is 8.93. The predicted octanol–water partition coefficient (Wildman–Crippen LogP) is 2.99. The van der Waals surface area contributed by atoms with Gasteiger partial charge in [-0.3, -0.25) is 4.98 Å². The quantitative estimate of drug-likeness (QED) is 0.713. The Bertz CT molecular complexity index is 75.5. The Morgan fingerprint density at radius 3 is 2.00 bits per heavy atom. The van der Waals surface area contributed by atoms with Crippen molar-refractivity contribution in [3.63, 3.8) is 0 Å². The van der Waals surface area contributed by atoms with Gasteiger partial charge in [-0.2, -0.15) is 0 Å². The fraction of sp³-hybridized carbons (Fsp3) is 0. The molecule has 1 radical (unpaired) electrons. The van der Waals surface area contributed by atoms with Gasteiger partial charge in [-0.25, -0.2) is 0 Å². The van der Waals surface area contributed by atoms with E-state index in [2.05, 4.69) is 4.98 Å². The second kappa shape index (κ2) is 10.9. The maximum atomic E-state index is 3.74. The van der Waals surface area contributed by atoms with Crippen molar-refractivity contribution >= 4 is 62.3 Å². The van der Waals surface area contributed by atoms with Crippen molar-refractivity contribution in [1.82, 2.24) is 4.98 Å². The maximum absolute atomic E-state index is 3.74. The summed E-state index contributed by atoms with van der Waals surface area (Å²) in [5, 5.41) is 1.93. The Morgan fingerprint density at radius 1 is 1.25 bits per heavy atom. The van der Waals surface area contributed by atoms with Crippen molar-refractivity contribution in [3.8, 4) is 0 Å². The maximum Gasteiger partial charge on any atom is 0.0791 e. The zero-order valence-electron chi connectivity index (χ0n) is 4.81. The molecule has 0 amide bonds. The number of halogens is 3. The first-order valence-corrected chi connectivity index (χ1v) is 2.26. The van der Waals surface area contributed by atoms with Crippen molar-refractivity contribution in [2.45, 2.75) is 0 Å². The minimum Gasteiger partial charge on any atom is -0.253 e. The van der Waals surface area contributed by atoms with Crippen LogP contribution in [0.4, 0.5) is 0 Å². The molecule has 0 aliphatic carbocycles. The first kappa shape index (κ1) is 16.0. The van der Waals surface area contributed by atoms with E-state index in [0.717, 1.165) is 0 Å². The summed E-state index contributed by atoms with van der Waals surface area (Å²) in [5.74, 6) is 0. The molecule has 5 heteroatoms. The molecule has 1 nitrogen and oxygen atoms in total. The van der Waals surface area contributed by atoms with Crippen LogP contribution < -0.4 is 0 Å². The van der Waals surface area contributed by atoms with Crippen molar-refractivity contribution in [2.24, 2.45) is 0 Å². The van der Waals surface area contributed by atoms with Gasteiger partial charge in [0, 0.05) is 13.0 Å². The topological polar surface area (TPSA) is 12.9 Å². The standard InChI is InChI=1S/C3H3NS.3BrH.H/c1-2-5-3-4-1;;;;/h1-3H;3*1H;. The van der Waals surface area contributed by atoms with Crippen molar-refractivity contribution in [2.75, 3.05) is 0 Å². The van der Waals surface area contributed by atoms with E-state index in [4.69, 9.17) is 0 Å². The first-order valence-electron chi connectivity index (χ1n) is 1.32. The number of rotatable bonds is 0. The van der Waals surface area contributed by atoms with E-state index in [0.29, 0.717) is 0 Å². The number of aromatic nitrogens is 1. The van der Waals surface area contributed by atoms with E-state index >= 15 is 0 Å². The Labute approximate surface area is 85.3 Å². The molecular formula is C3H7Br3NS. The van der Waals surface area contributed by atoms with Crippen LogP contribution in [0, 0.1) is 0 Å². The van der Waals surface area contributed by atoms with Gasteiger partial charge >= 0.3 is 0 Å². The van der Waals surface area contributed by atoms with E-state index in [1.807, 2.05) is 5.38 Å². The second-order valence-electron chi connectivity index (χ2n) is 0.676. The zero-order valence-corrected chi connectivity index (χ0v) is 9.77. The minimum atomic E-state index is 0. The molecule has 0 bridgehead atoms. The molecule has 0 saturated carbocycles. The normalized spacial score (nSPS) is 5.00. The van der Waals surface area contributed by atoms with Crippen LogP contribution in [0.2, 0.25) is 0 Å². The van der Waals surface area contributed by atoms with Gasteiger partial charge in [0.1, 0.15) is 0 Å². The van der Waals surface area contributed by atoms with E-state index in [9.17, 15) is 0 Å². The van der Waals surface area contributed by atoms with Crippen molar-refractivity contribution < 1.29 is 1.43 Å². The predicted molar refractivity (Wildman–Crippen MR) is 54.2 cm³/mol. The summed E-state index contributed by atoms with van der Waals surface area (Å²) in [4.78, 5) is 3.74. The van der Waals surface area contributed by atoms with Gasteiger partial charge in [0.25, 0.3) is 0 Å². The van der Waals surface area contributed by atoms with E-state index in [1.54, 1.807) is 23.0 Å². The molecule has 51 valence electrons. The molecule has 1 heterocycles. The number of thiazole rings is 1. The summed E-state index contributed by atoms with van der Waals surface area (Å²) in [6.07, 6.45) is 1.77. The van der Waals surface area contributed by atoms with Crippen LogP contribution in [-0.4, -0.2) is 4.98 Å². The first-order chi connectivity index (χ1) is 2.50. The van der Waals surface area contributed by atoms with Crippen LogP contribution in [0.25, 0.3) is 0 Å². The SMILES string of the molecule is Br.Br.Br.[H].c1cscn1. The highest BCUT2D eigenvalue weighted by Crippen LogP contribution is 1.85. The molecule has 1 aromatic heterocycles. The van der Waals surface area contributed by atoms with Crippen LogP contribution >= 0.6 is 62.3 Å². The Balaban J connectivity index is -0.0000000312. The Kier molecular flexibility index (Phi) is 21.9. The Morgan fingerprint density at radius 2 is 1.88 bits per heavy atom. The molecule has 0 N–H and O–H groups in total. The Hall–Kier alpha value is 1.07.